The van der Waals surface area contributed by atoms with Gasteiger partial charge in [0, 0.05) is 37.3 Å². The van der Waals surface area contributed by atoms with Gasteiger partial charge in [-0.1, -0.05) is 12.1 Å². The number of aromatic nitrogens is 3. The van der Waals surface area contributed by atoms with Crippen molar-refractivity contribution in [1.82, 2.24) is 18.9 Å². The highest BCUT2D eigenvalue weighted by Gasteiger charge is 2.28. The number of benzene rings is 1. The van der Waals surface area contributed by atoms with E-state index in [1.54, 1.807) is 10.7 Å². The van der Waals surface area contributed by atoms with E-state index >= 15 is 0 Å². The van der Waals surface area contributed by atoms with Crippen LogP contribution in [0.3, 0.4) is 0 Å². The van der Waals surface area contributed by atoms with Gasteiger partial charge in [-0.25, -0.2) is 22.3 Å². The fourth-order valence-electron chi connectivity index (χ4n) is 3.15. The molecule has 0 saturated heterocycles. The Kier molecular flexibility index (Phi) is 3.81. The largest absolute Gasteiger partial charge is 0.237 e. The van der Waals surface area contributed by atoms with Crippen LogP contribution in [0.4, 0.5) is 4.39 Å². The molecule has 3 aromatic rings. The normalized spacial score (nSPS) is 15.4. The average Bonchev–Trinajstić information content (AvgIpc) is 2.97. The van der Waals surface area contributed by atoms with Gasteiger partial charge in [0.2, 0.25) is 10.0 Å². The highest BCUT2D eigenvalue weighted by molar-refractivity contribution is 7.88. The van der Waals surface area contributed by atoms with E-state index in [0.29, 0.717) is 18.5 Å². The molecule has 0 spiro atoms. The lowest BCUT2D eigenvalue weighted by Crippen LogP contribution is -2.37. The highest BCUT2D eigenvalue weighted by Crippen LogP contribution is 2.23. The van der Waals surface area contributed by atoms with Gasteiger partial charge >= 0.3 is 0 Å². The minimum absolute atomic E-state index is 0.140. The summed E-state index contributed by atoms with van der Waals surface area (Å²) in [4.78, 5) is 4.36. The SMILES string of the molecule is Cc1cc2ncc3c(n2n1)CCN(S(=O)(=O)Cc1ccc(F)cc1)C3. The van der Waals surface area contributed by atoms with E-state index in [0.717, 1.165) is 22.6 Å². The number of halogens is 1. The molecule has 0 atom stereocenters. The summed E-state index contributed by atoms with van der Waals surface area (Å²) < 4.78 is 41.7. The number of rotatable bonds is 3. The van der Waals surface area contributed by atoms with Crippen LogP contribution >= 0.6 is 0 Å². The summed E-state index contributed by atoms with van der Waals surface area (Å²) in [7, 11) is -3.49. The number of fused-ring (bicyclic) bond motifs is 3. The molecular weight excluding hydrogens is 343 g/mol. The van der Waals surface area contributed by atoms with Gasteiger partial charge in [-0.3, -0.25) is 0 Å². The van der Waals surface area contributed by atoms with Gasteiger partial charge in [-0.05, 0) is 24.6 Å². The van der Waals surface area contributed by atoms with Crippen molar-refractivity contribution < 1.29 is 12.8 Å². The maximum atomic E-state index is 13.0. The molecule has 2 aromatic heterocycles. The maximum Gasteiger partial charge on any atom is 0.218 e. The molecule has 6 nitrogen and oxygen atoms in total. The first-order valence-electron chi connectivity index (χ1n) is 7.98. The molecule has 0 N–H and O–H groups in total. The van der Waals surface area contributed by atoms with E-state index in [1.165, 1.54) is 28.6 Å². The predicted octanol–water partition coefficient (Wildman–Crippen LogP) is 2.06. The molecule has 8 heteroatoms. The minimum Gasteiger partial charge on any atom is -0.237 e. The summed E-state index contributed by atoms with van der Waals surface area (Å²) in [6, 6.07) is 7.46. The third-order valence-corrected chi connectivity index (χ3v) is 6.19. The zero-order valence-corrected chi connectivity index (χ0v) is 14.5. The molecule has 1 aliphatic rings. The van der Waals surface area contributed by atoms with Gasteiger partial charge in [0.25, 0.3) is 0 Å². The molecule has 25 heavy (non-hydrogen) atoms. The second-order valence-electron chi connectivity index (χ2n) is 6.25. The molecular formula is C17H17FN4O2S. The molecule has 0 aliphatic carbocycles. The molecule has 0 radical (unpaired) electrons. The molecule has 0 amide bonds. The first kappa shape index (κ1) is 16.2. The molecule has 3 heterocycles. The Hall–Kier alpha value is -2.32. The molecule has 1 aromatic carbocycles. The summed E-state index contributed by atoms with van der Waals surface area (Å²) in [6.45, 7) is 2.58. The van der Waals surface area contributed by atoms with Gasteiger partial charge in [0.1, 0.15) is 5.82 Å². The Morgan fingerprint density at radius 3 is 2.76 bits per heavy atom. The van der Waals surface area contributed by atoms with Crippen LogP contribution in [-0.4, -0.2) is 33.9 Å². The van der Waals surface area contributed by atoms with Crippen LogP contribution in [0.2, 0.25) is 0 Å². The average molecular weight is 360 g/mol. The third-order valence-electron chi connectivity index (χ3n) is 4.39. The van der Waals surface area contributed by atoms with E-state index in [4.69, 9.17) is 0 Å². The zero-order chi connectivity index (χ0) is 17.6. The van der Waals surface area contributed by atoms with Crippen LogP contribution < -0.4 is 0 Å². The Morgan fingerprint density at radius 2 is 2.00 bits per heavy atom. The first-order chi connectivity index (χ1) is 11.9. The molecule has 0 saturated carbocycles. The first-order valence-corrected chi connectivity index (χ1v) is 9.59. The Morgan fingerprint density at radius 1 is 1.24 bits per heavy atom. The quantitative estimate of drug-likeness (QED) is 0.717. The van der Waals surface area contributed by atoms with Gasteiger partial charge in [-0.15, -0.1) is 0 Å². The van der Waals surface area contributed by atoms with Crippen molar-refractivity contribution in [3.05, 3.63) is 64.9 Å². The summed E-state index contributed by atoms with van der Waals surface area (Å²) in [5.41, 5.74) is 4.10. The van der Waals surface area contributed by atoms with Gasteiger partial charge in [-0.2, -0.15) is 9.40 Å². The Labute approximate surface area is 145 Å². The molecule has 0 unspecified atom stereocenters. The van der Waals surface area contributed by atoms with Crippen molar-refractivity contribution in [2.24, 2.45) is 0 Å². The number of nitrogens with zero attached hydrogens (tertiary/aromatic N) is 4. The zero-order valence-electron chi connectivity index (χ0n) is 13.7. The third kappa shape index (κ3) is 3.03. The van der Waals surface area contributed by atoms with Gasteiger partial charge < -0.3 is 0 Å². The van der Waals surface area contributed by atoms with E-state index in [-0.39, 0.29) is 18.1 Å². The van der Waals surface area contributed by atoms with Gasteiger partial charge in [0.15, 0.2) is 5.65 Å². The smallest absolute Gasteiger partial charge is 0.218 e. The molecule has 0 bridgehead atoms. The van der Waals surface area contributed by atoms with Crippen LogP contribution in [0, 0.1) is 12.7 Å². The van der Waals surface area contributed by atoms with Crippen molar-refractivity contribution in [2.45, 2.75) is 25.6 Å². The molecule has 0 fully saturated rings. The monoisotopic (exact) mass is 360 g/mol. The van der Waals surface area contributed by atoms with Crippen molar-refractivity contribution in [1.29, 1.82) is 0 Å². The Bertz CT molecular complexity index is 1040. The van der Waals surface area contributed by atoms with Crippen LogP contribution in [0.1, 0.15) is 22.5 Å². The van der Waals surface area contributed by atoms with Crippen molar-refractivity contribution in [3.63, 3.8) is 0 Å². The lowest BCUT2D eigenvalue weighted by Gasteiger charge is -2.28. The minimum atomic E-state index is -3.49. The number of hydrogen-bond acceptors (Lipinski definition) is 4. The summed E-state index contributed by atoms with van der Waals surface area (Å²) in [6.07, 6.45) is 2.31. The number of hydrogen-bond donors (Lipinski definition) is 0. The summed E-state index contributed by atoms with van der Waals surface area (Å²) in [5.74, 6) is -0.517. The number of aryl methyl sites for hydroxylation is 1. The lowest BCUT2D eigenvalue weighted by atomic mass is 10.1. The van der Waals surface area contributed by atoms with E-state index in [1.807, 2.05) is 13.0 Å². The Balaban J connectivity index is 1.60. The fraction of sp³-hybridized carbons (Fsp3) is 0.294. The van der Waals surface area contributed by atoms with Crippen LogP contribution in [0.5, 0.6) is 0 Å². The fourth-order valence-corrected chi connectivity index (χ4v) is 4.65. The van der Waals surface area contributed by atoms with Crippen molar-refractivity contribution >= 4 is 15.7 Å². The standard InChI is InChI=1S/C17H17FN4O2S/c1-12-8-17-19-9-14-10-21(7-6-16(14)22(17)20-12)25(23,24)11-13-2-4-15(18)5-3-13/h2-5,8-9H,6-7,10-11H2,1H3. The van der Waals surface area contributed by atoms with Crippen LogP contribution in [0.25, 0.3) is 5.65 Å². The predicted molar refractivity (Wildman–Crippen MR) is 90.9 cm³/mol. The highest BCUT2D eigenvalue weighted by atomic mass is 32.2. The second-order valence-corrected chi connectivity index (χ2v) is 8.22. The van der Waals surface area contributed by atoms with Crippen LogP contribution in [-0.2, 0) is 28.7 Å². The van der Waals surface area contributed by atoms with E-state index in [2.05, 4.69) is 10.1 Å². The topological polar surface area (TPSA) is 67.6 Å². The van der Waals surface area contributed by atoms with Gasteiger partial charge in [0.05, 0.1) is 17.1 Å². The molecule has 1 aliphatic heterocycles. The van der Waals surface area contributed by atoms with E-state index < -0.39 is 10.0 Å². The van der Waals surface area contributed by atoms with Crippen molar-refractivity contribution in [3.8, 4) is 0 Å². The molecule has 130 valence electrons. The van der Waals surface area contributed by atoms with Crippen LogP contribution in [0.15, 0.2) is 36.5 Å². The molecule has 4 rings (SSSR count). The summed E-state index contributed by atoms with van der Waals surface area (Å²) >= 11 is 0. The number of sulfonamides is 1. The van der Waals surface area contributed by atoms with E-state index in [9.17, 15) is 12.8 Å². The maximum absolute atomic E-state index is 13.0. The summed E-state index contributed by atoms with van der Waals surface area (Å²) in [5, 5.41) is 4.44. The lowest BCUT2D eigenvalue weighted by molar-refractivity contribution is 0.383. The van der Waals surface area contributed by atoms with Crippen molar-refractivity contribution in [2.75, 3.05) is 6.54 Å². The second kappa shape index (κ2) is 5.89.